The number of nitrogens with one attached hydrogen (secondary N) is 1. The molecule has 1 amide bonds. The Morgan fingerprint density at radius 2 is 1.84 bits per heavy atom. The van der Waals surface area contributed by atoms with Crippen molar-refractivity contribution in [1.82, 2.24) is 5.32 Å². The highest BCUT2D eigenvalue weighted by atomic mass is 32.1. The van der Waals surface area contributed by atoms with Gasteiger partial charge in [-0.3, -0.25) is 4.79 Å². The molecule has 136 valence electrons. The van der Waals surface area contributed by atoms with Gasteiger partial charge in [-0.05, 0) is 42.2 Å². The summed E-state index contributed by atoms with van der Waals surface area (Å²) in [6, 6.07) is 12.0. The number of carbonyl (C=O) groups excluding carboxylic acids is 1. The Kier molecular flexibility index (Phi) is 6.62. The molecule has 5 heteroatoms. The van der Waals surface area contributed by atoms with Crippen LogP contribution in [0.2, 0.25) is 0 Å². The van der Waals surface area contributed by atoms with Crippen LogP contribution in [-0.4, -0.2) is 26.2 Å². The molecule has 2 aromatic rings. The third-order valence-electron chi connectivity index (χ3n) is 3.94. The van der Waals surface area contributed by atoms with Crippen LogP contribution in [0.3, 0.4) is 0 Å². The zero-order valence-electron chi connectivity index (χ0n) is 15.6. The van der Waals surface area contributed by atoms with Crippen molar-refractivity contribution < 1.29 is 14.3 Å². The Bertz CT molecular complexity index is 686. The van der Waals surface area contributed by atoms with Gasteiger partial charge in [-0.1, -0.05) is 32.9 Å². The minimum Gasteiger partial charge on any atom is -0.484 e. The summed E-state index contributed by atoms with van der Waals surface area (Å²) in [4.78, 5) is 14.3. The summed E-state index contributed by atoms with van der Waals surface area (Å²) in [6.07, 6.45) is -0.131. The summed E-state index contributed by atoms with van der Waals surface area (Å²) in [5, 5.41) is 2.87. The quantitative estimate of drug-likeness (QED) is 0.802. The van der Waals surface area contributed by atoms with Crippen molar-refractivity contribution in [2.24, 2.45) is 0 Å². The number of hydrogen-bond acceptors (Lipinski definition) is 4. The molecule has 4 nitrogen and oxygen atoms in total. The van der Waals surface area contributed by atoms with E-state index in [9.17, 15) is 4.79 Å². The van der Waals surface area contributed by atoms with Crippen LogP contribution in [0.5, 0.6) is 5.75 Å². The third-order valence-corrected chi connectivity index (χ3v) is 5.03. The first-order valence-corrected chi connectivity index (χ1v) is 9.20. The zero-order valence-corrected chi connectivity index (χ0v) is 16.4. The van der Waals surface area contributed by atoms with Gasteiger partial charge in [0.1, 0.15) is 11.9 Å². The molecule has 1 aromatic heterocycles. The Labute approximate surface area is 154 Å². The first-order chi connectivity index (χ1) is 11.8. The number of thiophene rings is 1. The molecular weight excluding hydrogens is 334 g/mol. The average molecular weight is 362 g/mol. The first kappa shape index (κ1) is 19.5. The van der Waals surface area contributed by atoms with Crippen LogP contribution >= 0.6 is 11.3 Å². The van der Waals surface area contributed by atoms with E-state index < -0.39 is 0 Å². The topological polar surface area (TPSA) is 47.6 Å². The predicted molar refractivity (Wildman–Crippen MR) is 102 cm³/mol. The van der Waals surface area contributed by atoms with Crippen molar-refractivity contribution in [2.75, 3.05) is 20.3 Å². The molecule has 1 atom stereocenters. The molecule has 0 saturated heterocycles. The van der Waals surface area contributed by atoms with Gasteiger partial charge in [0.15, 0.2) is 6.61 Å². The fourth-order valence-corrected chi connectivity index (χ4v) is 3.34. The molecule has 0 aliphatic heterocycles. The van der Waals surface area contributed by atoms with E-state index in [1.165, 1.54) is 10.4 Å². The lowest BCUT2D eigenvalue weighted by Crippen LogP contribution is -2.32. The first-order valence-electron chi connectivity index (χ1n) is 8.39. The number of rotatable bonds is 7. The van der Waals surface area contributed by atoms with Crippen LogP contribution in [-0.2, 0) is 14.9 Å². The third kappa shape index (κ3) is 5.87. The second-order valence-electron chi connectivity index (χ2n) is 7.04. The van der Waals surface area contributed by atoms with Gasteiger partial charge in [-0.15, -0.1) is 11.3 Å². The van der Waals surface area contributed by atoms with E-state index in [4.69, 9.17) is 9.47 Å². The summed E-state index contributed by atoms with van der Waals surface area (Å²) in [7, 11) is 1.65. The summed E-state index contributed by atoms with van der Waals surface area (Å²) in [5.74, 6) is 0.538. The Hall–Kier alpha value is -1.85. The van der Waals surface area contributed by atoms with Gasteiger partial charge >= 0.3 is 0 Å². The molecule has 0 saturated carbocycles. The molecule has 0 aliphatic rings. The van der Waals surface area contributed by atoms with Crippen LogP contribution in [0.1, 0.15) is 42.2 Å². The van der Waals surface area contributed by atoms with Gasteiger partial charge in [0.05, 0.1) is 0 Å². The van der Waals surface area contributed by atoms with Gasteiger partial charge in [0.2, 0.25) is 0 Å². The number of amides is 1. The number of ether oxygens (including phenoxy) is 2. The molecule has 1 heterocycles. The van der Waals surface area contributed by atoms with Crippen molar-refractivity contribution in [1.29, 1.82) is 0 Å². The summed E-state index contributed by atoms with van der Waals surface area (Å²) < 4.78 is 11.0. The van der Waals surface area contributed by atoms with E-state index in [0.717, 1.165) is 4.88 Å². The highest BCUT2D eigenvalue weighted by Crippen LogP contribution is 2.25. The molecule has 1 unspecified atom stereocenters. The highest BCUT2D eigenvalue weighted by molar-refractivity contribution is 7.12. The van der Waals surface area contributed by atoms with Crippen LogP contribution in [0, 0.1) is 6.92 Å². The summed E-state index contributed by atoms with van der Waals surface area (Å²) >= 11 is 1.68. The summed E-state index contributed by atoms with van der Waals surface area (Å²) in [6.45, 7) is 8.97. The number of methoxy groups -OCH3 is 1. The van der Waals surface area contributed by atoms with Gasteiger partial charge in [0.25, 0.3) is 5.91 Å². The average Bonchev–Trinajstić information content (AvgIpc) is 2.99. The number of hydrogen-bond donors (Lipinski definition) is 1. The maximum atomic E-state index is 12.0. The molecule has 0 radical (unpaired) electrons. The van der Waals surface area contributed by atoms with Gasteiger partial charge in [-0.25, -0.2) is 0 Å². The molecule has 0 aliphatic carbocycles. The van der Waals surface area contributed by atoms with E-state index in [2.05, 4.69) is 39.1 Å². The number of carbonyl (C=O) groups is 1. The maximum Gasteiger partial charge on any atom is 0.258 e. The van der Waals surface area contributed by atoms with Gasteiger partial charge in [0, 0.05) is 23.4 Å². The molecule has 0 bridgehead atoms. The van der Waals surface area contributed by atoms with Crippen LogP contribution in [0.15, 0.2) is 36.4 Å². The molecular formula is C20H27NO3S. The Balaban J connectivity index is 1.80. The second kappa shape index (κ2) is 8.50. The van der Waals surface area contributed by atoms with Crippen LogP contribution in [0.4, 0.5) is 0 Å². The van der Waals surface area contributed by atoms with Crippen molar-refractivity contribution in [3.8, 4) is 5.75 Å². The lowest BCUT2D eigenvalue weighted by Gasteiger charge is -2.19. The largest absolute Gasteiger partial charge is 0.484 e. The normalized spacial score (nSPS) is 12.7. The van der Waals surface area contributed by atoms with Gasteiger partial charge in [-0.2, -0.15) is 0 Å². The smallest absolute Gasteiger partial charge is 0.258 e. The van der Waals surface area contributed by atoms with E-state index in [1.807, 2.05) is 30.3 Å². The SMILES string of the molecule is COC(CNC(=O)COc1ccc(C(C)(C)C)cc1)c1ccc(C)s1. The molecule has 1 aromatic carbocycles. The molecule has 0 fully saturated rings. The molecule has 2 rings (SSSR count). The monoisotopic (exact) mass is 361 g/mol. The Morgan fingerprint density at radius 1 is 1.16 bits per heavy atom. The minimum absolute atomic E-state index is 0.00519. The maximum absolute atomic E-state index is 12.0. The number of benzene rings is 1. The second-order valence-corrected chi connectivity index (χ2v) is 8.36. The van der Waals surface area contributed by atoms with E-state index in [1.54, 1.807) is 18.4 Å². The molecule has 1 N–H and O–H groups in total. The minimum atomic E-state index is -0.157. The van der Waals surface area contributed by atoms with Crippen molar-refractivity contribution in [2.45, 2.75) is 39.2 Å². The fraction of sp³-hybridized carbons (Fsp3) is 0.450. The zero-order chi connectivity index (χ0) is 18.4. The lowest BCUT2D eigenvalue weighted by molar-refractivity contribution is -0.123. The molecule has 25 heavy (non-hydrogen) atoms. The Morgan fingerprint density at radius 3 is 2.36 bits per heavy atom. The fourth-order valence-electron chi connectivity index (χ4n) is 2.38. The van der Waals surface area contributed by atoms with Crippen LogP contribution < -0.4 is 10.1 Å². The van der Waals surface area contributed by atoms with Crippen LogP contribution in [0.25, 0.3) is 0 Å². The van der Waals surface area contributed by atoms with E-state index in [-0.39, 0.29) is 24.0 Å². The lowest BCUT2D eigenvalue weighted by atomic mass is 9.87. The number of aryl methyl sites for hydroxylation is 1. The standard InChI is InChI=1S/C20H27NO3S/c1-14-6-11-18(25-14)17(23-5)12-21-19(22)13-24-16-9-7-15(8-10-16)20(2,3)4/h6-11,17H,12-13H2,1-5H3,(H,21,22). The van der Waals surface area contributed by atoms with Crippen molar-refractivity contribution in [3.05, 3.63) is 51.7 Å². The van der Waals surface area contributed by atoms with E-state index >= 15 is 0 Å². The highest BCUT2D eigenvalue weighted by Gasteiger charge is 2.15. The predicted octanol–water partition coefficient (Wildman–Crippen LogP) is 4.24. The summed E-state index contributed by atoms with van der Waals surface area (Å²) in [5.41, 5.74) is 1.34. The van der Waals surface area contributed by atoms with Gasteiger partial charge < -0.3 is 14.8 Å². The van der Waals surface area contributed by atoms with Crippen molar-refractivity contribution in [3.63, 3.8) is 0 Å². The van der Waals surface area contributed by atoms with E-state index in [0.29, 0.717) is 12.3 Å². The van der Waals surface area contributed by atoms with Crippen molar-refractivity contribution >= 4 is 17.2 Å². The molecule has 0 spiro atoms.